The van der Waals surface area contributed by atoms with Crippen LogP contribution < -0.4 is 16.0 Å². The maximum atomic E-state index is 13.2. The Bertz CT molecular complexity index is 822. The minimum Gasteiger partial charge on any atom is -0.371 e. The van der Waals surface area contributed by atoms with Crippen molar-refractivity contribution in [2.45, 2.75) is 18.4 Å². The third-order valence-electron chi connectivity index (χ3n) is 4.55. The van der Waals surface area contributed by atoms with Crippen molar-refractivity contribution in [1.82, 2.24) is 5.32 Å². The van der Waals surface area contributed by atoms with Gasteiger partial charge in [-0.25, -0.2) is 8.78 Å². The van der Waals surface area contributed by atoms with Crippen molar-refractivity contribution < 1.29 is 18.4 Å². The van der Waals surface area contributed by atoms with E-state index in [9.17, 15) is 18.4 Å². The van der Waals surface area contributed by atoms with Crippen LogP contribution in [0.5, 0.6) is 0 Å². The van der Waals surface area contributed by atoms with Crippen molar-refractivity contribution in [2.75, 3.05) is 28.7 Å². The fraction of sp³-hybridized carbons (Fsp3) is 0.300. The summed E-state index contributed by atoms with van der Waals surface area (Å²) in [5.41, 5.74) is 0.257. The number of thioether (sulfide) groups is 1. The number of halogens is 2. The standard InChI is InChI=1S/C20H21F2N3O2S/c21-14-1-5-16(6-2-14)24-18(26)13-23-19(27)20(9-11-28-12-10-20)25-17-7-3-15(22)4-8-17/h1-8,25H,9-13H2,(H,23,27)(H,24,26). The molecule has 2 aromatic carbocycles. The summed E-state index contributed by atoms with van der Waals surface area (Å²) in [5.74, 6) is 0.205. The zero-order valence-electron chi connectivity index (χ0n) is 15.1. The summed E-state index contributed by atoms with van der Waals surface area (Å²) in [6, 6.07) is 11.2. The van der Waals surface area contributed by atoms with Crippen molar-refractivity contribution in [3.8, 4) is 0 Å². The quantitative estimate of drug-likeness (QED) is 0.689. The van der Waals surface area contributed by atoms with Crippen molar-refractivity contribution in [3.63, 3.8) is 0 Å². The van der Waals surface area contributed by atoms with Gasteiger partial charge in [0.25, 0.3) is 0 Å². The predicted molar refractivity (Wildman–Crippen MR) is 107 cm³/mol. The second kappa shape index (κ2) is 9.05. The molecule has 5 nitrogen and oxygen atoms in total. The normalized spacial score (nSPS) is 15.5. The second-order valence-corrected chi connectivity index (χ2v) is 7.79. The van der Waals surface area contributed by atoms with Gasteiger partial charge in [-0.2, -0.15) is 11.8 Å². The molecule has 1 fully saturated rings. The van der Waals surface area contributed by atoms with E-state index in [2.05, 4.69) is 16.0 Å². The maximum Gasteiger partial charge on any atom is 0.246 e. The summed E-state index contributed by atoms with van der Waals surface area (Å²) >= 11 is 1.77. The Labute approximate surface area is 166 Å². The summed E-state index contributed by atoms with van der Waals surface area (Å²) in [4.78, 5) is 25.0. The van der Waals surface area contributed by atoms with Crippen molar-refractivity contribution in [1.29, 1.82) is 0 Å². The highest BCUT2D eigenvalue weighted by atomic mass is 32.2. The lowest BCUT2D eigenvalue weighted by Crippen LogP contribution is -2.55. The highest BCUT2D eigenvalue weighted by Gasteiger charge is 2.39. The van der Waals surface area contributed by atoms with Crippen LogP contribution >= 0.6 is 11.8 Å². The van der Waals surface area contributed by atoms with Crippen LogP contribution in [0.2, 0.25) is 0 Å². The van der Waals surface area contributed by atoms with E-state index in [1.54, 1.807) is 23.9 Å². The van der Waals surface area contributed by atoms with Gasteiger partial charge in [-0.3, -0.25) is 9.59 Å². The molecule has 3 rings (SSSR count). The second-order valence-electron chi connectivity index (χ2n) is 6.56. The van der Waals surface area contributed by atoms with Gasteiger partial charge in [-0.1, -0.05) is 0 Å². The third-order valence-corrected chi connectivity index (χ3v) is 5.53. The topological polar surface area (TPSA) is 70.2 Å². The number of nitrogens with one attached hydrogen (secondary N) is 3. The molecular weight excluding hydrogens is 384 g/mol. The van der Waals surface area contributed by atoms with Crippen LogP contribution in [0.15, 0.2) is 48.5 Å². The first-order valence-corrected chi connectivity index (χ1v) is 10.1. The van der Waals surface area contributed by atoms with Gasteiger partial charge < -0.3 is 16.0 Å². The number of anilines is 2. The molecule has 0 unspecified atom stereocenters. The minimum absolute atomic E-state index is 0.198. The number of hydrogen-bond donors (Lipinski definition) is 3. The third kappa shape index (κ3) is 5.22. The average Bonchev–Trinajstić information content (AvgIpc) is 2.70. The Hall–Kier alpha value is -2.61. The van der Waals surface area contributed by atoms with E-state index in [1.165, 1.54) is 36.4 Å². The van der Waals surface area contributed by atoms with Crippen molar-refractivity contribution >= 4 is 35.0 Å². The van der Waals surface area contributed by atoms with E-state index in [0.717, 1.165) is 11.5 Å². The summed E-state index contributed by atoms with van der Waals surface area (Å²) in [5, 5.41) is 8.53. The number of amides is 2. The molecule has 0 atom stereocenters. The summed E-state index contributed by atoms with van der Waals surface area (Å²) in [6.45, 7) is -0.198. The maximum absolute atomic E-state index is 13.2. The fourth-order valence-corrected chi connectivity index (χ4v) is 4.20. The Kier molecular flexibility index (Phi) is 6.51. The molecule has 2 amide bonds. The van der Waals surface area contributed by atoms with Crippen LogP contribution in [0.3, 0.4) is 0 Å². The van der Waals surface area contributed by atoms with Gasteiger partial charge in [0.05, 0.1) is 6.54 Å². The molecule has 0 bridgehead atoms. The minimum atomic E-state index is -0.848. The molecule has 8 heteroatoms. The molecule has 3 N–H and O–H groups in total. The Balaban J connectivity index is 1.61. The van der Waals surface area contributed by atoms with E-state index in [4.69, 9.17) is 0 Å². The molecule has 0 radical (unpaired) electrons. The molecule has 0 saturated carbocycles. The van der Waals surface area contributed by atoms with Crippen LogP contribution in [0.25, 0.3) is 0 Å². The van der Waals surface area contributed by atoms with Crippen LogP contribution in [0.4, 0.5) is 20.2 Å². The van der Waals surface area contributed by atoms with Gasteiger partial charge in [-0.15, -0.1) is 0 Å². The number of rotatable bonds is 6. The lowest BCUT2D eigenvalue weighted by Gasteiger charge is -2.37. The van der Waals surface area contributed by atoms with Crippen LogP contribution in [-0.2, 0) is 9.59 Å². The van der Waals surface area contributed by atoms with E-state index in [0.29, 0.717) is 24.2 Å². The molecule has 1 aliphatic rings. The summed E-state index contributed by atoms with van der Waals surface area (Å²) in [6.07, 6.45) is 1.20. The molecule has 1 heterocycles. The van der Waals surface area contributed by atoms with Crippen LogP contribution in [0.1, 0.15) is 12.8 Å². The van der Waals surface area contributed by atoms with Gasteiger partial charge in [0.15, 0.2) is 0 Å². The lowest BCUT2D eigenvalue weighted by atomic mass is 9.90. The Morgan fingerprint density at radius 1 is 0.893 bits per heavy atom. The molecule has 148 valence electrons. The lowest BCUT2D eigenvalue weighted by molar-refractivity contribution is -0.127. The van der Waals surface area contributed by atoms with Crippen molar-refractivity contribution in [3.05, 3.63) is 60.2 Å². The molecular formula is C20H21F2N3O2S. The molecule has 1 saturated heterocycles. The monoisotopic (exact) mass is 405 g/mol. The molecule has 2 aromatic rings. The summed E-state index contributed by atoms with van der Waals surface area (Å²) < 4.78 is 26.1. The zero-order valence-corrected chi connectivity index (χ0v) is 16.0. The largest absolute Gasteiger partial charge is 0.371 e. The van der Waals surface area contributed by atoms with Gasteiger partial charge in [0.2, 0.25) is 11.8 Å². The average molecular weight is 405 g/mol. The Morgan fingerprint density at radius 2 is 1.43 bits per heavy atom. The Morgan fingerprint density at radius 3 is 2.00 bits per heavy atom. The van der Waals surface area contributed by atoms with E-state index in [-0.39, 0.29) is 18.3 Å². The van der Waals surface area contributed by atoms with Gasteiger partial charge in [-0.05, 0) is 72.9 Å². The summed E-state index contributed by atoms with van der Waals surface area (Å²) in [7, 11) is 0. The first-order chi connectivity index (χ1) is 13.5. The molecule has 1 aliphatic heterocycles. The van der Waals surface area contributed by atoms with Gasteiger partial charge in [0.1, 0.15) is 17.2 Å². The number of benzene rings is 2. The van der Waals surface area contributed by atoms with Gasteiger partial charge in [0, 0.05) is 11.4 Å². The highest BCUT2D eigenvalue weighted by molar-refractivity contribution is 7.99. The number of carbonyl (C=O) groups excluding carboxylic acids is 2. The van der Waals surface area contributed by atoms with Crippen LogP contribution in [0, 0.1) is 11.6 Å². The smallest absolute Gasteiger partial charge is 0.246 e. The fourth-order valence-electron chi connectivity index (χ4n) is 3.01. The zero-order chi connectivity index (χ0) is 20.0. The first-order valence-electron chi connectivity index (χ1n) is 8.92. The molecule has 0 aliphatic carbocycles. The predicted octanol–water partition coefficient (Wildman–Crippen LogP) is 3.40. The van der Waals surface area contributed by atoms with E-state index < -0.39 is 17.3 Å². The first kappa shape index (κ1) is 20.1. The molecule has 0 spiro atoms. The van der Waals surface area contributed by atoms with Crippen LogP contribution in [-0.4, -0.2) is 35.4 Å². The van der Waals surface area contributed by atoms with E-state index >= 15 is 0 Å². The molecule has 0 aromatic heterocycles. The SMILES string of the molecule is O=C(CNC(=O)C1(Nc2ccc(F)cc2)CCSCC1)Nc1ccc(F)cc1. The number of hydrogen-bond acceptors (Lipinski definition) is 4. The number of carbonyl (C=O) groups is 2. The van der Waals surface area contributed by atoms with Crippen molar-refractivity contribution in [2.24, 2.45) is 0 Å². The highest BCUT2D eigenvalue weighted by Crippen LogP contribution is 2.31. The van der Waals surface area contributed by atoms with Gasteiger partial charge >= 0.3 is 0 Å². The molecule has 28 heavy (non-hydrogen) atoms. The van der Waals surface area contributed by atoms with E-state index in [1.807, 2.05) is 0 Å².